The standard InChI is InChI=1S/C10H14N2O2S/c1-7(13)3-4-9(14)11-6-10-12-5-8(2)15-10/h5H,3-4,6H2,1-2H3,(H,11,14). The third-order valence-corrected chi connectivity index (χ3v) is 2.72. The first-order chi connectivity index (χ1) is 7.08. The number of nitrogens with zero attached hydrogens (tertiary/aromatic N) is 1. The summed E-state index contributed by atoms with van der Waals surface area (Å²) in [7, 11) is 0. The van der Waals surface area contributed by atoms with Crippen LogP contribution >= 0.6 is 11.3 Å². The summed E-state index contributed by atoms with van der Waals surface area (Å²) in [5, 5.41) is 3.62. The molecule has 4 nitrogen and oxygen atoms in total. The first-order valence-electron chi connectivity index (χ1n) is 4.75. The highest BCUT2D eigenvalue weighted by Crippen LogP contribution is 2.10. The Morgan fingerprint density at radius 1 is 1.47 bits per heavy atom. The minimum atomic E-state index is -0.0990. The number of nitrogens with one attached hydrogen (secondary N) is 1. The molecule has 0 unspecified atom stereocenters. The van der Waals surface area contributed by atoms with Crippen LogP contribution < -0.4 is 5.32 Å². The fourth-order valence-corrected chi connectivity index (χ4v) is 1.76. The summed E-state index contributed by atoms with van der Waals surface area (Å²) < 4.78 is 0. The summed E-state index contributed by atoms with van der Waals surface area (Å²) in [5.74, 6) is -0.0618. The van der Waals surface area contributed by atoms with Gasteiger partial charge in [0.25, 0.3) is 0 Å². The van der Waals surface area contributed by atoms with E-state index in [2.05, 4.69) is 10.3 Å². The molecule has 1 aromatic heterocycles. The molecule has 0 aliphatic heterocycles. The third kappa shape index (κ3) is 4.69. The molecule has 0 spiro atoms. The summed E-state index contributed by atoms with van der Waals surface area (Å²) in [6, 6.07) is 0. The normalized spacial score (nSPS) is 10.0. The average Bonchev–Trinajstić information content (AvgIpc) is 2.58. The van der Waals surface area contributed by atoms with Crippen LogP contribution in [0.5, 0.6) is 0 Å². The van der Waals surface area contributed by atoms with E-state index in [9.17, 15) is 9.59 Å². The van der Waals surface area contributed by atoms with E-state index in [0.29, 0.717) is 13.0 Å². The number of aromatic nitrogens is 1. The van der Waals surface area contributed by atoms with E-state index in [4.69, 9.17) is 0 Å². The van der Waals surface area contributed by atoms with Crippen molar-refractivity contribution in [3.8, 4) is 0 Å². The van der Waals surface area contributed by atoms with Gasteiger partial charge in [-0.2, -0.15) is 0 Å². The van der Waals surface area contributed by atoms with Gasteiger partial charge >= 0.3 is 0 Å². The molecule has 1 heterocycles. The zero-order valence-electron chi connectivity index (χ0n) is 8.87. The van der Waals surface area contributed by atoms with Gasteiger partial charge in [-0.1, -0.05) is 0 Å². The molecular weight excluding hydrogens is 212 g/mol. The highest BCUT2D eigenvalue weighted by Gasteiger charge is 2.04. The number of thiazole rings is 1. The van der Waals surface area contributed by atoms with Crippen molar-refractivity contribution < 1.29 is 9.59 Å². The van der Waals surface area contributed by atoms with E-state index in [-0.39, 0.29) is 18.1 Å². The van der Waals surface area contributed by atoms with Crippen molar-refractivity contribution in [1.29, 1.82) is 0 Å². The molecule has 1 amide bonds. The molecular formula is C10H14N2O2S. The van der Waals surface area contributed by atoms with Gasteiger partial charge < -0.3 is 10.1 Å². The van der Waals surface area contributed by atoms with Gasteiger partial charge in [0.05, 0.1) is 6.54 Å². The number of Topliss-reactive ketones (excluding diaryl/α,β-unsaturated/α-hetero) is 1. The summed E-state index contributed by atoms with van der Waals surface area (Å²) >= 11 is 1.56. The highest BCUT2D eigenvalue weighted by molar-refractivity contribution is 7.11. The van der Waals surface area contributed by atoms with Crippen LogP contribution in [0.15, 0.2) is 6.20 Å². The number of amides is 1. The van der Waals surface area contributed by atoms with Gasteiger partial charge in [0.2, 0.25) is 5.91 Å². The molecule has 0 aromatic carbocycles. The van der Waals surface area contributed by atoms with Crippen molar-refractivity contribution >= 4 is 23.0 Å². The number of hydrogen-bond donors (Lipinski definition) is 1. The number of hydrogen-bond acceptors (Lipinski definition) is 4. The molecule has 15 heavy (non-hydrogen) atoms. The third-order valence-electron chi connectivity index (χ3n) is 1.81. The second-order valence-electron chi connectivity index (χ2n) is 3.34. The Bertz CT molecular complexity index is 360. The SMILES string of the molecule is CC(=O)CCC(=O)NCc1ncc(C)s1. The molecule has 0 radical (unpaired) electrons. The van der Waals surface area contributed by atoms with Crippen molar-refractivity contribution in [1.82, 2.24) is 10.3 Å². The maximum Gasteiger partial charge on any atom is 0.220 e. The number of ketones is 1. The van der Waals surface area contributed by atoms with Gasteiger partial charge in [-0.15, -0.1) is 11.3 Å². The molecule has 1 aromatic rings. The Morgan fingerprint density at radius 2 is 2.20 bits per heavy atom. The minimum absolute atomic E-state index is 0.0373. The Hall–Kier alpha value is -1.23. The minimum Gasteiger partial charge on any atom is -0.350 e. The lowest BCUT2D eigenvalue weighted by molar-refractivity contribution is -0.124. The van der Waals surface area contributed by atoms with Gasteiger partial charge in [-0.05, 0) is 13.8 Å². The van der Waals surface area contributed by atoms with Crippen LogP contribution in [-0.4, -0.2) is 16.7 Å². The lowest BCUT2D eigenvalue weighted by Crippen LogP contribution is -2.22. The molecule has 0 saturated carbocycles. The summed E-state index contributed by atoms with van der Waals surface area (Å²) in [6.07, 6.45) is 2.35. The van der Waals surface area contributed by atoms with E-state index >= 15 is 0 Å². The number of rotatable bonds is 5. The Labute approximate surface area is 92.7 Å². The molecule has 1 N–H and O–H groups in total. The van der Waals surface area contributed by atoms with E-state index in [0.717, 1.165) is 9.88 Å². The molecule has 0 aliphatic carbocycles. The zero-order chi connectivity index (χ0) is 11.3. The van der Waals surface area contributed by atoms with Gasteiger partial charge in [0.1, 0.15) is 10.8 Å². The molecule has 1 rings (SSSR count). The van der Waals surface area contributed by atoms with E-state index in [1.807, 2.05) is 6.92 Å². The van der Waals surface area contributed by atoms with E-state index in [1.165, 1.54) is 6.92 Å². The maximum atomic E-state index is 11.2. The molecule has 82 valence electrons. The van der Waals surface area contributed by atoms with Gasteiger partial charge in [0, 0.05) is 23.9 Å². The first kappa shape index (κ1) is 11.8. The van der Waals surface area contributed by atoms with E-state index in [1.54, 1.807) is 17.5 Å². The highest BCUT2D eigenvalue weighted by atomic mass is 32.1. The average molecular weight is 226 g/mol. The van der Waals surface area contributed by atoms with Crippen LogP contribution in [-0.2, 0) is 16.1 Å². The summed E-state index contributed by atoms with van der Waals surface area (Å²) in [6.45, 7) is 3.91. The van der Waals surface area contributed by atoms with Crippen molar-refractivity contribution in [2.75, 3.05) is 0 Å². The molecule has 0 bridgehead atoms. The van der Waals surface area contributed by atoms with Crippen LogP contribution in [0, 0.1) is 6.92 Å². The van der Waals surface area contributed by atoms with E-state index < -0.39 is 0 Å². The van der Waals surface area contributed by atoms with Crippen molar-refractivity contribution in [3.63, 3.8) is 0 Å². The fourth-order valence-electron chi connectivity index (χ4n) is 1.04. The molecule has 0 saturated heterocycles. The van der Waals surface area contributed by atoms with Crippen molar-refractivity contribution in [2.45, 2.75) is 33.2 Å². The van der Waals surface area contributed by atoms with Gasteiger partial charge in [0.15, 0.2) is 0 Å². The van der Waals surface area contributed by atoms with Crippen LogP contribution in [0.4, 0.5) is 0 Å². The molecule has 0 atom stereocenters. The summed E-state index contributed by atoms with van der Waals surface area (Å²) in [4.78, 5) is 27.1. The lowest BCUT2D eigenvalue weighted by atomic mass is 10.2. The van der Waals surface area contributed by atoms with Crippen molar-refractivity contribution in [3.05, 3.63) is 16.1 Å². The quantitative estimate of drug-likeness (QED) is 0.826. The molecule has 0 fully saturated rings. The zero-order valence-corrected chi connectivity index (χ0v) is 9.69. The summed E-state index contributed by atoms with van der Waals surface area (Å²) in [5.41, 5.74) is 0. The van der Waals surface area contributed by atoms with Gasteiger partial charge in [-0.25, -0.2) is 4.98 Å². The van der Waals surface area contributed by atoms with Gasteiger partial charge in [-0.3, -0.25) is 4.79 Å². The van der Waals surface area contributed by atoms with Crippen molar-refractivity contribution in [2.24, 2.45) is 0 Å². The molecule has 0 aliphatic rings. The Kier molecular flexibility index (Phi) is 4.42. The molecule has 5 heteroatoms. The topological polar surface area (TPSA) is 59.1 Å². The van der Waals surface area contributed by atoms with Crippen LogP contribution in [0.1, 0.15) is 29.7 Å². The predicted molar refractivity (Wildman–Crippen MR) is 58.6 cm³/mol. The first-order valence-corrected chi connectivity index (χ1v) is 5.57. The second kappa shape index (κ2) is 5.60. The number of carbonyl (C=O) groups is 2. The van der Waals surface area contributed by atoms with Crippen LogP contribution in [0.25, 0.3) is 0 Å². The number of carbonyl (C=O) groups excluding carboxylic acids is 2. The Balaban J connectivity index is 2.25. The second-order valence-corrected chi connectivity index (χ2v) is 4.66. The largest absolute Gasteiger partial charge is 0.350 e. The van der Waals surface area contributed by atoms with Crippen LogP contribution in [0.2, 0.25) is 0 Å². The van der Waals surface area contributed by atoms with Crippen LogP contribution in [0.3, 0.4) is 0 Å². The smallest absolute Gasteiger partial charge is 0.220 e. The number of aryl methyl sites for hydroxylation is 1. The fraction of sp³-hybridized carbons (Fsp3) is 0.500. The maximum absolute atomic E-state index is 11.2. The predicted octanol–water partition coefficient (Wildman–Crippen LogP) is 1.44. The lowest BCUT2D eigenvalue weighted by Gasteiger charge is -2.00. The monoisotopic (exact) mass is 226 g/mol. The Morgan fingerprint density at radius 3 is 2.73 bits per heavy atom.